The van der Waals surface area contributed by atoms with Crippen LogP contribution >= 0.6 is 23.2 Å². The summed E-state index contributed by atoms with van der Waals surface area (Å²) in [6.07, 6.45) is 0. The third-order valence-electron chi connectivity index (χ3n) is 2.97. The smallest absolute Gasteiger partial charge is 0.319 e. The molecule has 1 atom stereocenters. The molecule has 3 amide bonds. The van der Waals surface area contributed by atoms with Crippen molar-refractivity contribution in [3.8, 4) is 6.07 Å². The van der Waals surface area contributed by atoms with Gasteiger partial charge in [0.2, 0.25) is 0 Å². The second-order valence-corrected chi connectivity index (χ2v) is 5.07. The van der Waals surface area contributed by atoms with Gasteiger partial charge in [-0.05, 0) is 19.1 Å². The van der Waals surface area contributed by atoms with Gasteiger partial charge in [-0.2, -0.15) is 5.26 Å². The first-order valence-corrected chi connectivity index (χ1v) is 6.12. The number of nitrogens with one attached hydrogen (secondary N) is 1. The minimum absolute atomic E-state index is 0.280. The molecule has 19 heavy (non-hydrogen) atoms. The summed E-state index contributed by atoms with van der Waals surface area (Å²) in [5, 5.41) is 11.9. The molecule has 1 aliphatic heterocycles. The van der Waals surface area contributed by atoms with Crippen molar-refractivity contribution in [3.05, 3.63) is 33.8 Å². The lowest BCUT2D eigenvalue weighted by atomic mass is 9.92. The molecule has 0 radical (unpaired) electrons. The van der Waals surface area contributed by atoms with E-state index in [0.717, 1.165) is 4.90 Å². The number of carbonyl (C=O) groups excluding carboxylic acids is 2. The maximum Gasteiger partial charge on any atom is 0.326 e. The molecule has 0 aliphatic carbocycles. The fourth-order valence-electron chi connectivity index (χ4n) is 1.99. The van der Waals surface area contributed by atoms with E-state index in [1.165, 1.54) is 6.07 Å². The van der Waals surface area contributed by atoms with E-state index < -0.39 is 17.5 Å². The van der Waals surface area contributed by atoms with Crippen LogP contribution in [0.3, 0.4) is 0 Å². The van der Waals surface area contributed by atoms with E-state index in [4.69, 9.17) is 28.5 Å². The van der Waals surface area contributed by atoms with Gasteiger partial charge in [-0.1, -0.05) is 29.3 Å². The second kappa shape index (κ2) is 4.72. The number of benzene rings is 1. The van der Waals surface area contributed by atoms with Gasteiger partial charge in [-0.3, -0.25) is 4.79 Å². The summed E-state index contributed by atoms with van der Waals surface area (Å²) in [5.41, 5.74) is -0.840. The quantitative estimate of drug-likeness (QED) is 0.672. The first-order chi connectivity index (χ1) is 8.90. The van der Waals surface area contributed by atoms with E-state index >= 15 is 0 Å². The van der Waals surface area contributed by atoms with Crippen LogP contribution in [0.2, 0.25) is 10.0 Å². The normalized spacial score (nSPS) is 22.3. The maximum absolute atomic E-state index is 12.3. The van der Waals surface area contributed by atoms with E-state index in [1.807, 2.05) is 0 Å². The molecule has 0 aromatic heterocycles. The molecule has 0 spiro atoms. The predicted molar refractivity (Wildman–Crippen MR) is 69.7 cm³/mol. The van der Waals surface area contributed by atoms with Crippen LogP contribution in [0.4, 0.5) is 4.79 Å². The summed E-state index contributed by atoms with van der Waals surface area (Å²) in [7, 11) is 0. The number of urea groups is 1. The van der Waals surface area contributed by atoms with Crippen molar-refractivity contribution < 1.29 is 9.59 Å². The largest absolute Gasteiger partial charge is 0.326 e. The highest BCUT2D eigenvalue weighted by Gasteiger charge is 2.49. The molecule has 5 nitrogen and oxygen atoms in total. The van der Waals surface area contributed by atoms with Crippen molar-refractivity contribution in [1.29, 1.82) is 5.26 Å². The first kappa shape index (κ1) is 13.7. The number of rotatable bonds is 2. The van der Waals surface area contributed by atoms with Crippen molar-refractivity contribution >= 4 is 35.1 Å². The highest BCUT2D eigenvalue weighted by Crippen LogP contribution is 2.34. The Labute approximate surface area is 119 Å². The molecule has 1 N–H and O–H groups in total. The molecule has 0 unspecified atom stereocenters. The van der Waals surface area contributed by atoms with Gasteiger partial charge in [0.25, 0.3) is 5.91 Å². The Kier molecular flexibility index (Phi) is 3.40. The van der Waals surface area contributed by atoms with E-state index in [-0.39, 0.29) is 11.6 Å². The summed E-state index contributed by atoms with van der Waals surface area (Å²) in [4.78, 5) is 24.8. The summed E-state index contributed by atoms with van der Waals surface area (Å²) in [6.45, 7) is 1.24. The fraction of sp³-hybridized carbons (Fsp3) is 0.250. The zero-order chi connectivity index (χ0) is 14.2. The van der Waals surface area contributed by atoms with Crippen molar-refractivity contribution in [2.45, 2.75) is 12.5 Å². The van der Waals surface area contributed by atoms with Crippen LogP contribution in [0.1, 0.15) is 12.5 Å². The highest BCUT2D eigenvalue weighted by atomic mass is 35.5. The van der Waals surface area contributed by atoms with Crippen molar-refractivity contribution in [2.24, 2.45) is 0 Å². The Bertz CT molecular complexity index is 611. The number of halogens is 2. The van der Waals surface area contributed by atoms with Gasteiger partial charge in [-0.25, -0.2) is 9.69 Å². The van der Waals surface area contributed by atoms with Gasteiger partial charge in [0.1, 0.15) is 12.1 Å². The molecule has 2 rings (SSSR count). The van der Waals surface area contributed by atoms with Crippen LogP contribution in [0.5, 0.6) is 0 Å². The number of nitrogens with zero attached hydrogens (tertiary/aromatic N) is 2. The summed E-state index contributed by atoms with van der Waals surface area (Å²) >= 11 is 11.9. The summed E-state index contributed by atoms with van der Waals surface area (Å²) < 4.78 is 0. The molecule has 7 heteroatoms. The van der Waals surface area contributed by atoms with Gasteiger partial charge < -0.3 is 5.32 Å². The second-order valence-electron chi connectivity index (χ2n) is 4.23. The molecule has 1 aromatic rings. The molecule has 1 aromatic carbocycles. The van der Waals surface area contributed by atoms with Gasteiger partial charge in [0.05, 0.1) is 6.07 Å². The highest BCUT2D eigenvalue weighted by molar-refractivity contribution is 6.35. The fourth-order valence-corrected chi connectivity index (χ4v) is 2.59. The minimum Gasteiger partial charge on any atom is -0.319 e. The Morgan fingerprint density at radius 2 is 2.11 bits per heavy atom. The lowest BCUT2D eigenvalue weighted by Crippen LogP contribution is -2.41. The number of amides is 3. The molecular formula is C12H9Cl2N3O2. The monoisotopic (exact) mass is 297 g/mol. The predicted octanol–water partition coefficient (Wildman–Crippen LogP) is 2.28. The standard InChI is InChI=1S/C12H9Cl2N3O2/c1-12(8-3-2-7(13)6-9(8)14)10(18)17(5-4-15)11(19)16-12/h2-3,6H,5H2,1H3,(H,16,19)/t12-/m1/s1. The number of hydrogen-bond donors (Lipinski definition) is 1. The van der Waals surface area contributed by atoms with E-state index in [9.17, 15) is 9.59 Å². The third kappa shape index (κ3) is 2.14. The van der Waals surface area contributed by atoms with Gasteiger partial charge in [0.15, 0.2) is 0 Å². The van der Waals surface area contributed by atoms with E-state index in [1.54, 1.807) is 25.1 Å². The van der Waals surface area contributed by atoms with Gasteiger partial charge in [-0.15, -0.1) is 0 Å². The summed E-state index contributed by atoms with van der Waals surface area (Å²) in [6, 6.07) is 5.82. The third-order valence-corrected chi connectivity index (χ3v) is 3.52. The Morgan fingerprint density at radius 1 is 1.42 bits per heavy atom. The zero-order valence-electron chi connectivity index (χ0n) is 9.91. The van der Waals surface area contributed by atoms with E-state index in [2.05, 4.69) is 5.32 Å². The topological polar surface area (TPSA) is 73.2 Å². The Hall–Kier alpha value is -1.77. The number of nitriles is 1. The molecule has 0 bridgehead atoms. The number of imide groups is 1. The number of carbonyl (C=O) groups is 2. The average molecular weight is 298 g/mol. The van der Waals surface area contributed by atoms with Crippen LogP contribution < -0.4 is 5.32 Å². The zero-order valence-corrected chi connectivity index (χ0v) is 11.4. The molecule has 0 saturated carbocycles. The van der Waals surface area contributed by atoms with Crippen molar-refractivity contribution in [3.63, 3.8) is 0 Å². The Balaban J connectivity index is 2.47. The summed E-state index contributed by atoms with van der Waals surface area (Å²) in [5.74, 6) is -0.511. The molecular weight excluding hydrogens is 289 g/mol. The minimum atomic E-state index is -1.28. The SMILES string of the molecule is C[C@]1(c2ccc(Cl)cc2Cl)NC(=O)N(CC#N)C1=O. The maximum atomic E-state index is 12.3. The van der Waals surface area contributed by atoms with Crippen LogP contribution in [0, 0.1) is 11.3 Å². The molecule has 1 fully saturated rings. The lowest BCUT2D eigenvalue weighted by molar-refractivity contribution is -0.130. The van der Waals surface area contributed by atoms with Crippen LogP contribution in [-0.2, 0) is 10.3 Å². The Morgan fingerprint density at radius 3 is 2.68 bits per heavy atom. The van der Waals surface area contributed by atoms with Gasteiger partial charge >= 0.3 is 6.03 Å². The average Bonchev–Trinajstić information content (AvgIpc) is 2.54. The van der Waals surface area contributed by atoms with E-state index in [0.29, 0.717) is 10.6 Å². The molecule has 1 saturated heterocycles. The first-order valence-electron chi connectivity index (χ1n) is 5.36. The van der Waals surface area contributed by atoms with Crippen molar-refractivity contribution in [1.82, 2.24) is 10.2 Å². The molecule has 98 valence electrons. The molecule has 1 aliphatic rings. The van der Waals surface area contributed by atoms with Crippen LogP contribution in [-0.4, -0.2) is 23.4 Å². The molecule has 1 heterocycles. The number of hydrogen-bond acceptors (Lipinski definition) is 3. The van der Waals surface area contributed by atoms with Crippen molar-refractivity contribution in [2.75, 3.05) is 6.54 Å². The van der Waals surface area contributed by atoms with Crippen LogP contribution in [0.25, 0.3) is 0 Å². The van der Waals surface area contributed by atoms with Crippen LogP contribution in [0.15, 0.2) is 18.2 Å². The van der Waals surface area contributed by atoms with Gasteiger partial charge in [0, 0.05) is 15.6 Å². The lowest BCUT2D eigenvalue weighted by Gasteiger charge is -2.23.